The molecular formula is C12H10Cl2F6N2S. The predicted octanol–water partition coefficient (Wildman–Crippen LogP) is 5.80. The van der Waals surface area contributed by atoms with Gasteiger partial charge in [0.2, 0.25) is 5.84 Å². The normalized spacial score (nSPS) is 13.4. The van der Waals surface area contributed by atoms with Gasteiger partial charge in [0, 0.05) is 19.0 Å². The molecule has 2 nitrogen and oxygen atoms in total. The molecule has 0 spiro atoms. The van der Waals surface area contributed by atoms with Gasteiger partial charge in [-0.3, -0.25) is 0 Å². The van der Waals surface area contributed by atoms with Gasteiger partial charge in [-0.25, -0.2) is 4.99 Å². The van der Waals surface area contributed by atoms with Crippen molar-refractivity contribution in [3.8, 4) is 0 Å². The summed E-state index contributed by atoms with van der Waals surface area (Å²) in [6, 6.07) is 2.06. The zero-order valence-corrected chi connectivity index (χ0v) is 14.0. The van der Waals surface area contributed by atoms with Gasteiger partial charge in [-0.2, -0.15) is 26.3 Å². The first-order valence-corrected chi connectivity index (χ1v) is 7.57. The Labute approximate surface area is 142 Å². The summed E-state index contributed by atoms with van der Waals surface area (Å²) in [5, 5.41) is -0.295. The van der Waals surface area contributed by atoms with Crippen LogP contribution in [0, 0.1) is 0 Å². The number of alkyl halides is 6. The summed E-state index contributed by atoms with van der Waals surface area (Å²) in [4.78, 5) is 4.07. The van der Waals surface area contributed by atoms with E-state index in [0.717, 1.165) is 31.1 Å². The molecule has 1 aromatic rings. The number of benzene rings is 1. The highest BCUT2D eigenvalue weighted by atomic mass is 35.5. The summed E-state index contributed by atoms with van der Waals surface area (Å²) in [5.41, 5.74) is -0.318. The Bertz CT molecular complexity index is 598. The monoisotopic (exact) mass is 398 g/mol. The van der Waals surface area contributed by atoms with Gasteiger partial charge in [0.1, 0.15) is 0 Å². The van der Waals surface area contributed by atoms with E-state index in [2.05, 4.69) is 4.99 Å². The van der Waals surface area contributed by atoms with Crippen molar-refractivity contribution in [3.05, 3.63) is 22.2 Å². The molecule has 1 aromatic carbocycles. The minimum Gasteiger partial charge on any atom is -0.359 e. The van der Waals surface area contributed by atoms with Crippen molar-refractivity contribution in [2.45, 2.75) is 17.2 Å². The van der Waals surface area contributed by atoms with Crippen molar-refractivity contribution in [3.63, 3.8) is 0 Å². The van der Waals surface area contributed by atoms with Crippen LogP contribution < -0.4 is 0 Å². The molecule has 11 heteroatoms. The van der Waals surface area contributed by atoms with Gasteiger partial charge in [0.15, 0.2) is 0 Å². The smallest absolute Gasteiger partial charge is 0.359 e. The van der Waals surface area contributed by atoms with Crippen LogP contribution in [0.25, 0.3) is 0 Å². The maximum absolute atomic E-state index is 12.9. The highest BCUT2D eigenvalue weighted by molar-refractivity contribution is 7.99. The van der Waals surface area contributed by atoms with Crippen LogP contribution in [0.3, 0.4) is 0 Å². The molecule has 0 heterocycles. The second kappa shape index (κ2) is 7.40. The maximum Gasteiger partial charge on any atom is 0.449 e. The number of hydrogen-bond acceptors (Lipinski definition) is 2. The van der Waals surface area contributed by atoms with Gasteiger partial charge < -0.3 is 4.90 Å². The summed E-state index contributed by atoms with van der Waals surface area (Å²) in [6.07, 6.45) is -9.19. The Morgan fingerprint density at radius 3 is 2.09 bits per heavy atom. The van der Waals surface area contributed by atoms with E-state index < -0.39 is 23.9 Å². The van der Waals surface area contributed by atoms with E-state index >= 15 is 0 Å². The molecule has 0 radical (unpaired) electrons. The number of hydrogen-bond donors (Lipinski definition) is 0. The number of thioether (sulfide) groups is 1. The first-order chi connectivity index (χ1) is 10.3. The number of amidine groups is 1. The fraction of sp³-hybridized carbons (Fsp3) is 0.417. The average Bonchev–Trinajstić information content (AvgIpc) is 2.33. The van der Waals surface area contributed by atoms with Gasteiger partial charge in [0.25, 0.3) is 0 Å². The molecular weight excluding hydrogens is 389 g/mol. The van der Waals surface area contributed by atoms with Crippen LogP contribution in [-0.4, -0.2) is 42.9 Å². The third-order valence-corrected chi connectivity index (χ3v) is 4.14. The summed E-state index contributed by atoms with van der Waals surface area (Å²) in [7, 11) is 2.27. The van der Waals surface area contributed by atoms with Gasteiger partial charge in [-0.1, -0.05) is 23.2 Å². The highest BCUT2D eigenvalue weighted by Crippen LogP contribution is 2.39. The number of nitrogens with zero attached hydrogens (tertiary/aromatic N) is 2. The van der Waals surface area contributed by atoms with E-state index in [9.17, 15) is 26.3 Å². The summed E-state index contributed by atoms with van der Waals surface area (Å²) < 4.78 is 75.4. The van der Waals surface area contributed by atoms with E-state index in [4.69, 9.17) is 23.2 Å². The third-order valence-electron chi connectivity index (χ3n) is 2.30. The lowest BCUT2D eigenvalue weighted by Crippen LogP contribution is -2.35. The molecule has 23 heavy (non-hydrogen) atoms. The lowest BCUT2D eigenvalue weighted by atomic mass is 10.3. The van der Waals surface area contributed by atoms with Crippen molar-refractivity contribution in [1.82, 2.24) is 4.90 Å². The minimum absolute atomic E-state index is 0.0626. The molecule has 1 rings (SSSR count). The highest BCUT2D eigenvalue weighted by Gasteiger charge is 2.38. The number of rotatable bonds is 3. The van der Waals surface area contributed by atoms with Gasteiger partial charge in [-0.15, -0.1) is 11.8 Å². The predicted molar refractivity (Wildman–Crippen MR) is 80.1 cm³/mol. The third kappa shape index (κ3) is 6.31. The molecule has 0 amide bonds. The fourth-order valence-corrected chi connectivity index (χ4v) is 2.71. The molecule has 130 valence electrons. The van der Waals surface area contributed by atoms with Crippen molar-refractivity contribution >= 4 is 46.5 Å². The largest absolute Gasteiger partial charge is 0.449 e. The average molecular weight is 399 g/mol. The fourth-order valence-electron chi connectivity index (χ4n) is 1.41. The zero-order chi connectivity index (χ0) is 18.0. The lowest BCUT2D eigenvalue weighted by molar-refractivity contribution is -0.105. The van der Waals surface area contributed by atoms with Crippen LogP contribution in [-0.2, 0) is 0 Å². The molecule has 0 N–H and O–H groups in total. The van der Waals surface area contributed by atoms with E-state index in [0.29, 0.717) is 11.8 Å². The Balaban J connectivity index is 3.26. The van der Waals surface area contributed by atoms with Crippen LogP contribution in [0.15, 0.2) is 22.0 Å². The van der Waals surface area contributed by atoms with Gasteiger partial charge in [0.05, 0.1) is 21.5 Å². The Morgan fingerprint density at radius 2 is 1.65 bits per heavy atom. The number of halogens is 8. The van der Waals surface area contributed by atoms with Crippen LogP contribution >= 0.6 is 35.0 Å². The standard InChI is InChI=1S/C12H10Cl2F6N2S/c1-22(2)10(12(18,19)20)21-8-4-9(7(14)3-6(8)13)23-5-11(15,16)17/h3-4H,5H2,1-2H3. The maximum atomic E-state index is 12.9. The molecule has 0 aromatic heterocycles. The molecule has 0 unspecified atom stereocenters. The van der Waals surface area contributed by atoms with E-state index in [1.165, 1.54) is 0 Å². The van der Waals surface area contributed by atoms with Crippen LogP contribution in [0.2, 0.25) is 10.0 Å². The molecule has 0 saturated carbocycles. The topological polar surface area (TPSA) is 15.6 Å². The minimum atomic E-state index is -4.74. The van der Waals surface area contributed by atoms with Crippen molar-refractivity contribution in [2.24, 2.45) is 4.99 Å². The SMILES string of the molecule is CN(C)C(=Nc1cc(SCC(F)(F)F)c(Cl)cc1Cl)C(F)(F)F. The second-order valence-corrected chi connectivity index (χ2v) is 6.30. The van der Waals surface area contributed by atoms with E-state index in [1.54, 1.807) is 0 Å². The van der Waals surface area contributed by atoms with Gasteiger partial charge in [-0.05, 0) is 12.1 Å². The van der Waals surface area contributed by atoms with Crippen LogP contribution in [0.4, 0.5) is 32.0 Å². The molecule has 0 aliphatic heterocycles. The molecule has 0 bridgehead atoms. The summed E-state index contributed by atoms with van der Waals surface area (Å²) in [6.45, 7) is 0. The molecule has 0 aliphatic rings. The second-order valence-electron chi connectivity index (χ2n) is 4.47. The van der Waals surface area contributed by atoms with E-state index in [1.807, 2.05) is 0 Å². The Hall–Kier alpha value is -0.800. The molecule has 0 fully saturated rings. The van der Waals surface area contributed by atoms with E-state index in [-0.39, 0.29) is 20.6 Å². The summed E-state index contributed by atoms with van der Waals surface area (Å²) in [5.74, 6) is -2.48. The summed E-state index contributed by atoms with van der Waals surface area (Å²) >= 11 is 11.9. The quantitative estimate of drug-likeness (QED) is 0.276. The zero-order valence-electron chi connectivity index (χ0n) is 11.7. The lowest BCUT2D eigenvalue weighted by Gasteiger charge is -2.18. The molecule has 0 aliphatic carbocycles. The van der Waals surface area contributed by atoms with Crippen molar-refractivity contribution < 1.29 is 26.3 Å². The van der Waals surface area contributed by atoms with Gasteiger partial charge >= 0.3 is 12.4 Å². The Kier molecular flexibility index (Phi) is 6.51. The molecule has 0 atom stereocenters. The van der Waals surface area contributed by atoms with Crippen molar-refractivity contribution in [1.29, 1.82) is 0 Å². The first-order valence-electron chi connectivity index (χ1n) is 5.83. The van der Waals surface area contributed by atoms with Crippen LogP contribution in [0.1, 0.15) is 0 Å². The number of aliphatic imine (C=N–C) groups is 1. The van der Waals surface area contributed by atoms with Crippen molar-refractivity contribution in [2.75, 3.05) is 19.8 Å². The van der Waals surface area contributed by atoms with Crippen LogP contribution in [0.5, 0.6) is 0 Å². The molecule has 0 saturated heterocycles. The Morgan fingerprint density at radius 1 is 1.09 bits per heavy atom. The first kappa shape index (κ1) is 20.2.